The molecule has 1 atom stereocenters. The van der Waals surface area contributed by atoms with E-state index in [4.69, 9.17) is 14.2 Å². The second-order valence-electron chi connectivity index (χ2n) is 21.7. The molecule has 0 amide bonds. The second-order valence-corrected chi connectivity index (χ2v) is 21.7. The Morgan fingerprint density at radius 2 is 0.534 bits per heavy atom. The quantitative estimate of drug-likeness (QED) is 0.0261. The number of hydrogen-bond acceptors (Lipinski definition) is 6. The molecule has 73 heavy (non-hydrogen) atoms. The summed E-state index contributed by atoms with van der Waals surface area (Å²) >= 11 is 0. The third-order valence-electron chi connectivity index (χ3n) is 14.3. The van der Waals surface area contributed by atoms with E-state index in [-0.39, 0.29) is 31.1 Å². The molecule has 6 nitrogen and oxygen atoms in total. The predicted molar refractivity (Wildman–Crippen MR) is 316 cm³/mol. The molecule has 0 N–H and O–H groups in total. The van der Waals surface area contributed by atoms with Gasteiger partial charge in [-0.15, -0.1) is 0 Å². The van der Waals surface area contributed by atoms with E-state index in [9.17, 15) is 14.4 Å². The highest BCUT2D eigenvalue weighted by molar-refractivity contribution is 5.71. The van der Waals surface area contributed by atoms with Gasteiger partial charge in [0.25, 0.3) is 0 Å². The normalized spacial score (nSPS) is 12.3. The first-order valence-electron chi connectivity index (χ1n) is 32.1. The van der Waals surface area contributed by atoms with Crippen LogP contribution >= 0.6 is 0 Å². The van der Waals surface area contributed by atoms with Gasteiger partial charge in [0.15, 0.2) is 6.10 Å². The molecule has 0 aromatic carbocycles. The Kier molecular flexibility index (Phi) is 59.7. The molecule has 0 spiro atoms. The van der Waals surface area contributed by atoms with Crippen LogP contribution in [-0.2, 0) is 28.6 Å². The lowest BCUT2D eigenvalue weighted by atomic mass is 10.0. The fraction of sp³-hybridized carbons (Fsp3) is 0.836. The van der Waals surface area contributed by atoms with Crippen LogP contribution in [-0.4, -0.2) is 37.2 Å². The highest BCUT2D eigenvalue weighted by Crippen LogP contribution is 2.18. The Morgan fingerprint density at radius 3 is 0.836 bits per heavy atom. The van der Waals surface area contributed by atoms with Crippen LogP contribution in [0.5, 0.6) is 0 Å². The molecule has 0 radical (unpaired) electrons. The molecule has 0 aliphatic rings. The minimum absolute atomic E-state index is 0.0682. The molecule has 0 aromatic heterocycles. The van der Waals surface area contributed by atoms with Gasteiger partial charge in [0.1, 0.15) is 13.2 Å². The summed E-state index contributed by atoms with van der Waals surface area (Å²) in [7, 11) is 0. The van der Waals surface area contributed by atoms with Crippen molar-refractivity contribution in [2.24, 2.45) is 0 Å². The van der Waals surface area contributed by atoms with Crippen molar-refractivity contribution >= 4 is 17.9 Å². The first-order chi connectivity index (χ1) is 36.0. The molecule has 1 unspecified atom stereocenters. The van der Waals surface area contributed by atoms with Crippen molar-refractivity contribution < 1.29 is 28.6 Å². The largest absolute Gasteiger partial charge is 0.462 e. The SMILES string of the molecule is CC/C=C\C/C=C\C/C=C\C/C=C\CCCCCCCCCCCCCCC(=O)OCC(COC(=O)CCCCCCCCCCC)OC(=O)CCCCCCCCCCCCCCCCCCCCCCC. The van der Waals surface area contributed by atoms with E-state index >= 15 is 0 Å². The molecular weight excluding hydrogens is 901 g/mol. The second kappa shape index (κ2) is 61.9. The minimum atomic E-state index is -0.769. The maximum atomic E-state index is 12.9. The molecule has 0 aliphatic carbocycles. The van der Waals surface area contributed by atoms with Crippen molar-refractivity contribution in [3.63, 3.8) is 0 Å². The zero-order valence-corrected chi connectivity index (χ0v) is 48.9. The number of ether oxygens (including phenoxy) is 3. The van der Waals surface area contributed by atoms with Gasteiger partial charge in [-0.3, -0.25) is 14.4 Å². The van der Waals surface area contributed by atoms with Crippen LogP contribution in [0.2, 0.25) is 0 Å². The summed E-state index contributed by atoms with van der Waals surface area (Å²) in [6, 6.07) is 0. The predicted octanol–water partition coefficient (Wildman–Crippen LogP) is 21.8. The van der Waals surface area contributed by atoms with Crippen LogP contribution in [0, 0.1) is 0 Å². The molecule has 0 heterocycles. The smallest absolute Gasteiger partial charge is 0.306 e. The van der Waals surface area contributed by atoms with Crippen LogP contribution in [0.1, 0.15) is 342 Å². The summed E-state index contributed by atoms with van der Waals surface area (Å²) < 4.78 is 16.9. The summed E-state index contributed by atoms with van der Waals surface area (Å²) in [6.45, 7) is 6.56. The fourth-order valence-electron chi connectivity index (χ4n) is 9.56. The highest BCUT2D eigenvalue weighted by atomic mass is 16.6. The molecule has 426 valence electrons. The number of rotatable bonds is 59. The molecule has 0 aliphatic heterocycles. The molecule has 0 aromatic rings. The Morgan fingerprint density at radius 1 is 0.288 bits per heavy atom. The van der Waals surface area contributed by atoms with E-state index in [0.29, 0.717) is 19.3 Å². The summed E-state index contributed by atoms with van der Waals surface area (Å²) in [5.74, 6) is -0.851. The number of unbranched alkanes of at least 4 members (excludes halogenated alkanes) is 40. The van der Waals surface area contributed by atoms with Crippen LogP contribution in [0.4, 0.5) is 0 Å². The monoisotopic (exact) mass is 1020 g/mol. The van der Waals surface area contributed by atoms with Gasteiger partial charge in [0, 0.05) is 19.3 Å². The Balaban J connectivity index is 4.17. The molecule has 0 rings (SSSR count). The molecule has 0 bridgehead atoms. The van der Waals surface area contributed by atoms with Crippen molar-refractivity contribution in [1.82, 2.24) is 0 Å². The van der Waals surface area contributed by atoms with E-state index in [1.807, 2.05) is 0 Å². The maximum absolute atomic E-state index is 12.9. The topological polar surface area (TPSA) is 78.9 Å². The van der Waals surface area contributed by atoms with Gasteiger partial charge >= 0.3 is 17.9 Å². The number of esters is 3. The molecule has 0 saturated carbocycles. The van der Waals surface area contributed by atoms with Gasteiger partial charge in [-0.25, -0.2) is 0 Å². The van der Waals surface area contributed by atoms with Crippen molar-refractivity contribution in [2.75, 3.05) is 13.2 Å². The lowest BCUT2D eigenvalue weighted by molar-refractivity contribution is -0.167. The average molecular weight is 1020 g/mol. The fourth-order valence-corrected chi connectivity index (χ4v) is 9.56. The number of carbonyl (C=O) groups excluding carboxylic acids is 3. The zero-order valence-electron chi connectivity index (χ0n) is 48.9. The Labute approximate surface area is 454 Å². The van der Waals surface area contributed by atoms with Gasteiger partial charge in [-0.1, -0.05) is 313 Å². The molecule has 6 heteroatoms. The average Bonchev–Trinajstić information content (AvgIpc) is 3.39. The highest BCUT2D eigenvalue weighted by Gasteiger charge is 2.19. The standard InChI is InChI=1S/C67H122O6/c1-4-7-10-13-16-19-21-23-25-27-29-31-32-33-34-36-37-39-41-43-45-48-51-54-57-60-66(69)72-63-64(62-71-65(68)59-56-53-50-47-18-15-12-9-6-3)73-67(70)61-58-55-52-49-46-44-42-40-38-35-30-28-26-24-22-20-17-14-11-8-5-2/h7,10,16,19,23,25,29,31,64H,4-6,8-9,11-15,17-18,20-22,24,26-28,30,32-63H2,1-3H3/b10-7-,19-16-,25-23-,31-29-. The summed E-state index contributed by atoms with van der Waals surface area (Å²) in [6.07, 6.45) is 77.0. The van der Waals surface area contributed by atoms with Crippen LogP contribution in [0.3, 0.4) is 0 Å². The number of carbonyl (C=O) groups is 3. The van der Waals surface area contributed by atoms with Gasteiger partial charge in [0.05, 0.1) is 0 Å². The lowest BCUT2D eigenvalue weighted by Gasteiger charge is -2.18. The number of hydrogen-bond donors (Lipinski definition) is 0. The Hall–Kier alpha value is -2.63. The van der Waals surface area contributed by atoms with E-state index in [2.05, 4.69) is 69.4 Å². The van der Waals surface area contributed by atoms with E-state index in [0.717, 1.165) is 83.5 Å². The third-order valence-corrected chi connectivity index (χ3v) is 14.3. The molecular formula is C67H122O6. The molecule has 0 fully saturated rings. The first-order valence-corrected chi connectivity index (χ1v) is 32.1. The van der Waals surface area contributed by atoms with Gasteiger partial charge in [-0.2, -0.15) is 0 Å². The van der Waals surface area contributed by atoms with Crippen molar-refractivity contribution in [3.05, 3.63) is 48.6 Å². The van der Waals surface area contributed by atoms with E-state index in [1.165, 1.54) is 218 Å². The first kappa shape index (κ1) is 70.4. The minimum Gasteiger partial charge on any atom is -0.462 e. The van der Waals surface area contributed by atoms with E-state index in [1.54, 1.807) is 0 Å². The van der Waals surface area contributed by atoms with Crippen LogP contribution in [0.25, 0.3) is 0 Å². The lowest BCUT2D eigenvalue weighted by Crippen LogP contribution is -2.30. The van der Waals surface area contributed by atoms with E-state index < -0.39 is 6.10 Å². The van der Waals surface area contributed by atoms with Crippen LogP contribution in [0.15, 0.2) is 48.6 Å². The van der Waals surface area contributed by atoms with Gasteiger partial charge in [0.2, 0.25) is 0 Å². The molecule has 0 saturated heterocycles. The van der Waals surface area contributed by atoms with Crippen molar-refractivity contribution in [3.8, 4) is 0 Å². The third kappa shape index (κ3) is 60.1. The summed E-state index contributed by atoms with van der Waals surface area (Å²) in [5, 5.41) is 0. The Bertz CT molecular complexity index is 1270. The zero-order chi connectivity index (χ0) is 52.9. The summed E-state index contributed by atoms with van der Waals surface area (Å²) in [4.78, 5) is 38.2. The van der Waals surface area contributed by atoms with Crippen LogP contribution < -0.4 is 0 Å². The number of allylic oxidation sites excluding steroid dienone is 8. The van der Waals surface area contributed by atoms with Crippen molar-refractivity contribution in [1.29, 1.82) is 0 Å². The van der Waals surface area contributed by atoms with Gasteiger partial charge < -0.3 is 14.2 Å². The van der Waals surface area contributed by atoms with Crippen molar-refractivity contribution in [2.45, 2.75) is 348 Å². The summed E-state index contributed by atoms with van der Waals surface area (Å²) in [5.41, 5.74) is 0. The maximum Gasteiger partial charge on any atom is 0.306 e. The van der Waals surface area contributed by atoms with Gasteiger partial charge in [-0.05, 0) is 57.8 Å².